The van der Waals surface area contributed by atoms with E-state index in [2.05, 4.69) is 67.3 Å². The molecule has 0 aliphatic rings. The van der Waals surface area contributed by atoms with Gasteiger partial charge in [0.1, 0.15) is 18.0 Å². The Labute approximate surface area is 216 Å². The number of ether oxygens (including phenoxy) is 2. The molecule has 0 saturated carbocycles. The molecule has 0 aliphatic heterocycles. The van der Waals surface area contributed by atoms with Gasteiger partial charge in [0.15, 0.2) is 12.4 Å². The monoisotopic (exact) mass is 499 g/mol. The zero-order valence-electron chi connectivity index (χ0n) is 22.1. The van der Waals surface area contributed by atoms with E-state index in [4.69, 9.17) is 9.47 Å². The molecule has 0 unspecified atom stereocenters. The molecule has 2 rings (SSSR count). The van der Waals surface area contributed by atoms with Crippen molar-refractivity contribution in [1.82, 2.24) is 5.32 Å². The molecule has 0 saturated heterocycles. The summed E-state index contributed by atoms with van der Waals surface area (Å²) in [5, 5.41) is 3.06. The lowest BCUT2D eigenvalue weighted by Crippen LogP contribution is -2.34. The van der Waals surface area contributed by atoms with Gasteiger partial charge in [-0.25, -0.2) is 4.57 Å². The number of carbonyl (C=O) groups excluding carboxylic acids is 1. The summed E-state index contributed by atoms with van der Waals surface area (Å²) in [4.78, 5) is 12.1. The number of aryl methyl sites for hydroxylation is 1. The predicted molar refractivity (Wildman–Crippen MR) is 148 cm³/mol. The first-order valence-electron chi connectivity index (χ1n) is 12.9. The van der Waals surface area contributed by atoms with Gasteiger partial charge in [0.2, 0.25) is 5.91 Å². The van der Waals surface area contributed by atoms with Crippen LogP contribution >= 0.6 is 11.8 Å². The number of nitrogens with zero attached hydrogens (tertiary/aromatic N) is 1. The highest BCUT2D eigenvalue weighted by atomic mass is 32.2. The van der Waals surface area contributed by atoms with Crippen molar-refractivity contribution in [1.29, 1.82) is 0 Å². The van der Waals surface area contributed by atoms with Crippen LogP contribution in [-0.2, 0) is 11.3 Å². The first-order chi connectivity index (χ1) is 16.9. The number of hydrogen-bond donors (Lipinski definition) is 1. The Morgan fingerprint density at radius 3 is 2.40 bits per heavy atom. The second kappa shape index (κ2) is 15.5. The van der Waals surface area contributed by atoms with Gasteiger partial charge in [-0.05, 0) is 44.4 Å². The Balaban J connectivity index is 1.78. The van der Waals surface area contributed by atoms with Gasteiger partial charge in [0, 0.05) is 53.6 Å². The third-order valence-corrected chi connectivity index (χ3v) is 7.84. The van der Waals surface area contributed by atoms with Gasteiger partial charge in [-0.15, -0.1) is 0 Å². The molecule has 1 N–H and O–H groups in total. The van der Waals surface area contributed by atoms with Crippen LogP contribution in [0.4, 0.5) is 0 Å². The molecule has 0 radical (unpaired) electrons. The molecule has 1 aromatic heterocycles. The van der Waals surface area contributed by atoms with Crippen molar-refractivity contribution in [2.75, 3.05) is 25.5 Å². The van der Waals surface area contributed by atoms with E-state index in [1.807, 2.05) is 43.8 Å². The number of nitrogens with one attached hydrogen (secondary N) is 1. The molecule has 5 nitrogen and oxygen atoms in total. The van der Waals surface area contributed by atoms with Crippen LogP contribution < -0.4 is 19.4 Å². The van der Waals surface area contributed by atoms with Gasteiger partial charge in [0.25, 0.3) is 0 Å². The Morgan fingerprint density at radius 2 is 1.74 bits per heavy atom. The zero-order chi connectivity index (χ0) is 25.5. The summed E-state index contributed by atoms with van der Waals surface area (Å²) in [6.07, 6.45) is 12.0. The second-order valence-corrected chi connectivity index (χ2v) is 10.4. The fourth-order valence-corrected chi connectivity index (χ4v) is 4.66. The van der Waals surface area contributed by atoms with Crippen molar-refractivity contribution in [3.63, 3.8) is 0 Å². The Morgan fingerprint density at radius 1 is 1.03 bits per heavy atom. The van der Waals surface area contributed by atoms with Crippen LogP contribution in [-0.4, -0.2) is 36.2 Å². The highest BCUT2D eigenvalue weighted by Crippen LogP contribution is 2.31. The number of rotatable bonds is 16. The number of benzene rings is 1. The van der Waals surface area contributed by atoms with Crippen molar-refractivity contribution >= 4 is 29.8 Å². The molecular formula is C29H43N2O3S+. The average Bonchev–Trinajstić information content (AvgIpc) is 2.87. The minimum absolute atomic E-state index is 0.140. The number of hydrogen-bond acceptors (Lipinski definition) is 4. The summed E-state index contributed by atoms with van der Waals surface area (Å²) in [6, 6.07) is 10.1. The molecule has 0 spiro atoms. The van der Waals surface area contributed by atoms with Crippen LogP contribution in [0.15, 0.2) is 42.7 Å². The Bertz CT molecular complexity index is 924. The number of pyridine rings is 1. The lowest BCUT2D eigenvalue weighted by Gasteiger charge is -2.25. The summed E-state index contributed by atoms with van der Waals surface area (Å²) in [6.45, 7) is 13.5. The highest BCUT2D eigenvalue weighted by Gasteiger charge is 2.19. The SMILES string of the molecule is CCOc1ccc(C=Cc2cc[n+](CCCC(=O)NCCSC(C)(CC)CC)cc2)c(OCC)c1. The van der Waals surface area contributed by atoms with E-state index < -0.39 is 0 Å². The Hall–Kier alpha value is -2.47. The fraction of sp³-hybridized carbons (Fsp3) is 0.517. The lowest BCUT2D eigenvalue weighted by molar-refractivity contribution is -0.697. The summed E-state index contributed by atoms with van der Waals surface area (Å²) in [5.41, 5.74) is 2.13. The maximum atomic E-state index is 12.1. The third kappa shape index (κ3) is 10.4. The van der Waals surface area contributed by atoms with Gasteiger partial charge in [-0.2, -0.15) is 11.8 Å². The van der Waals surface area contributed by atoms with Crippen LogP contribution in [0.25, 0.3) is 12.2 Å². The molecule has 0 fully saturated rings. The molecular weight excluding hydrogens is 456 g/mol. The van der Waals surface area contributed by atoms with E-state index in [-0.39, 0.29) is 5.91 Å². The summed E-state index contributed by atoms with van der Waals surface area (Å²) in [7, 11) is 0. The van der Waals surface area contributed by atoms with Crippen LogP contribution in [0.1, 0.15) is 71.4 Å². The van der Waals surface area contributed by atoms with Crippen LogP contribution in [0.2, 0.25) is 0 Å². The minimum atomic E-state index is 0.140. The van der Waals surface area contributed by atoms with Crippen molar-refractivity contribution in [3.8, 4) is 11.5 Å². The first-order valence-corrected chi connectivity index (χ1v) is 13.9. The topological polar surface area (TPSA) is 51.4 Å². The summed E-state index contributed by atoms with van der Waals surface area (Å²) < 4.78 is 13.8. The van der Waals surface area contributed by atoms with Gasteiger partial charge >= 0.3 is 0 Å². The minimum Gasteiger partial charge on any atom is -0.494 e. The molecule has 192 valence electrons. The highest BCUT2D eigenvalue weighted by molar-refractivity contribution is 8.00. The molecule has 0 atom stereocenters. The first kappa shape index (κ1) is 28.8. The molecule has 6 heteroatoms. The molecule has 0 bridgehead atoms. The molecule has 2 aromatic rings. The maximum absolute atomic E-state index is 12.1. The van der Waals surface area contributed by atoms with Crippen LogP contribution in [0, 0.1) is 0 Å². The third-order valence-electron chi connectivity index (χ3n) is 6.16. The molecule has 35 heavy (non-hydrogen) atoms. The average molecular weight is 500 g/mol. The Kier molecular flexibility index (Phi) is 12.7. The van der Waals surface area contributed by atoms with E-state index in [1.165, 1.54) is 0 Å². The number of carbonyl (C=O) groups is 1. The van der Waals surface area contributed by atoms with Gasteiger partial charge in [-0.1, -0.05) is 32.9 Å². The van der Waals surface area contributed by atoms with E-state index in [9.17, 15) is 4.79 Å². The number of aromatic nitrogens is 1. The zero-order valence-corrected chi connectivity index (χ0v) is 23.0. The van der Waals surface area contributed by atoms with E-state index in [0.717, 1.165) is 60.7 Å². The fourth-order valence-electron chi connectivity index (χ4n) is 3.56. The standard InChI is InChI=1S/C29H42N2O3S/c1-6-29(5,7-2)35-22-18-30-28(32)11-10-19-31-20-16-24(17-21-31)12-13-25-14-15-26(33-8-3)23-27(25)34-9-4/h12-17,20-21,23H,6-11,18-19,22H2,1-5H3/p+1. The van der Waals surface area contributed by atoms with Crippen molar-refractivity contribution in [2.24, 2.45) is 0 Å². The van der Waals surface area contributed by atoms with Gasteiger partial charge < -0.3 is 14.8 Å². The maximum Gasteiger partial charge on any atom is 0.220 e. The van der Waals surface area contributed by atoms with E-state index in [1.54, 1.807) is 0 Å². The van der Waals surface area contributed by atoms with Crippen molar-refractivity contribution < 1.29 is 18.8 Å². The van der Waals surface area contributed by atoms with E-state index >= 15 is 0 Å². The smallest absolute Gasteiger partial charge is 0.220 e. The van der Waals surface area contributed by atoms with Crippen LogP contribution in [0.5, 0.6) is 11.5 Å². The molecule has 1 amide bonds. The van der Waals surface area contributed by atoms with E-state index in [0.29, 0.717) is 24.4 Å². The lowest BCUT2D eigenvalue weighted by atomic mass is 10.1. The van der Waals surface area contributed by atoms with Crippen molar-refractivity contribution in [3.05, 3.63) is 53.9 Å². The normalized spacial score (nSPS) is 11.6. The summed E-state index contributed by atoms with van der Waals surface area (Å²) in [5.74, 6) is 2.75. The van der Waals surface area contributed by atoms with Crippen molar-refractivity contribution in [2.45, 2.75) is 71.6 Å². The van der Waals surface area contributed by atoms with Crippen LogP contribution in [0.3, 0.4) is 0 Å². The largest absolute Gasteiger partial charge is 0.494 e. The quantitative estimate of drug-likeness (QED) is 0.222. The molecule has 1 aromatic carbocycles. The molecule has 1 heterocycles. The predicted octanol–water partition coefficient (Wildman–Crippen LogP) is 6.15. The van der Waals surface area contributed by atoms with Gasteiger partial charge in [-0.3, -0.25) is 4.79 Å². The second-order valence-electron chi connectivity index (χ2n) is 8.73. The molecule has 0 aliphatic carbocycles. The number of thioether (sulfide) groups is 1. The number of amides is 1. The summed E-state index contributed by atoms with van der Waals surface area (Å²) >= 11 is 1.96. The van der Waals surface area contributed by atoms with Gasteiger partial charge in [0.05, 0.1) is 13.2 Å².